The van der Waals surface area contributed by atoms with Crippen LogP contribution >= 0.6 is 0 Å². The van der Waals surface area contributed by atoms with Crippen molar-refractivity contribution < 1.29 is 67.6 Å². The maximum absolute atomic E-state index is 12.3. The summed E-state index contributed by atoms with van der Waals surface area (Å²) < 4.78 is 43.3. The van der Waals surface area contributed by atoms with Crippen molar-refractivity contribution in [2.75, 3.05) is 126 Å². The minimum Gasteiger partial charge on any atom is -0.491 e. The fraction of sp³-hybridized carbons (Fsp3) is 0.404. The van der Waals surface area contributed by atoms with Crippen LogP contribution in [-0.2, 0) is 59.4 Å². The maximum Gasteiger partial charge on any atom is 0.354 e. The monoisotopic (exact) mass is 1060 g/mol. The van der Waals surface area contributed by atoms with Crippen LogP contribution in [0.25, 0.3) is 0 Å². The Morgan fingerprint density at radius 2 is 0.844 bits per heavy atom. The Bertz CT molecular complexity index is 2600. The first-order chi connectivity index (χ1) is 37.5. The molecule has 77 heavy (non-hydrogen) atoms. The first-order valence-corrected chi connectivity index (χ1v) is 25.1. The SMILES string of the molecule is COCCOCCOCCOc1ccc(C#Cc2cc(CN3CCN(CC(=O)O)CCN(Cc4cc(C#Cc5ccc(OCCOCCOCCOC)cc5)cc(C(=O)O)n4)Cc4cccc(n4)C3)nc(C(=O)O)c2)cc1. The lowest BCUT2D eigenvalue weighted by Gasteiger charge is -2.30. The van der Waals surface area contributed by atoms with Gasteiger partial charge in [0.25, 0.3) is 0 Å². The molecule has 3 aromatic heterocycles. The van der Waals surface area contributed by atoms with Gasteiger partial charge in [0.2, 0.25) is 0 Å². The number of ether oxygens (including phenoxy) is 8. The number of benzene rings is 2. The van der Waals surface area contributed by atoms with Crippen LogP contribution in [-0.4, -0.2) is 189 Å². The molecule has 20 nitrogen and oxygen atoms in total. The number of carboxylic acids is 3. The van der Waals surface area contributed by atoms with Crippen LogP contribution < -0.4 is 9.47 Å². The number of aromatic carboxylic acids is 2. The molecule has 20 heteroatoms. The third-order valence-electron chi connectivity index (χ3n) is 11.4. The van der Waals surface area contributed by atoms with Gasteiger partial charge in [0.05, 0.1) is 95.4 Å². The highest BCUT2D eigenvalue weighted by Crippen LogP contribution is 2.18. The molecule has 0 unspecified atom stereocenters. The van der Waals surface area contributed by atoms with Crippen LogP contribution in [0.1, 0.15) is 66.0 Å². The largest absolute Gasteiger partial charge is 0.491 e. The fourth-order valence-corrected chi connectivity index (χ4v) is 7.70. The second-order valence-electron chi connectivity index (χ2n) is 17.5. The van der Waals surface area contributed by atoms with Gasteiger partial charge in [-0.2, -0.15) is 0 Å². The number of methoxy groups -OCH3 is 2. The fourth-order valence-electron chi connectivity index (χ4n) is 7.70. The van der Waals surface area contributed by atoms with E-state index in [-0.39, 0.29) is 31.0 Å². The molecule has 0 amide bonds. The second kappa shape index (κ2) is 33.0. The predicted molar refractivity (Wildman–Crippen MR) is 282 cm³/mol. The Morgan fingerprint density at radius 1 is 0.468 bits per heavy atom. The number of hydrogen-bond acceptors (Lipinski definition) is 17. The van der Waals surface area contributed by atoms with Gasteiger partial charge in [-0.3, -0.25) is 24.5 Å². The lowest BCUT2D eigenvalue weighted by Crippen LogP contribution is -2.42. The molecule has 0 spiro atoms. The molecule has 3 N–H and O–H groups in total. The molecule has 6 rings (SSSR count). The Morgan fingerprint density at radius 3 is 1.23 bits per heavy atom. The van der Waals surface area contributed by atoms with Crippen molar-refractivity contribution >= 4 is 17.9 Å². The van der Waals surface area contributed by atoms with Crippen LogP contribution in [0.4, 0.5) is 0 Å². The summed E-state index contributed by atoms with van der Waals surface area (Å²) in [5.41, 5.74) is 4.42. The average molecular weight is 1060 g/mol. The summed E-state index contributed by atoms with van der Waals surface area (Å²) >= 11 is 0. The van der Waals surface area contributed by atoms with E-state index in [1.165, 1.54) is 12.1 Å². The zero-order valence-corrected chi connectivity index (χ0v) is 43.5. The lowest BCUT2D eigenvalue weighted by atomic mass is 10.1. The Kier molecular flexibility index (Phi) is 25.2. The number of carboxylic acid groups (broad SMARTS) is 3. The van der Waals surface area contributed by atoms with Gasteiger partial charge in [0, 0.05) is 88.8 Å². The smallest absolute Gasteiger partial charge is 0.354 e. The summed E-state index contributed by atoms with van der Waals surface area (Å²) in [7, 11) is 3.24. The van der Waals surface area contributed by atoms with E-state index in [9.17, 15) is 29.7 Å². The molecule has 0 aliphatic carbocycles. The summed E-state index contributed by atoms with van der Waals surface area (Å²) in [6.07, 6.45) is 0. The first-order valence-electron chi connectivity index (χ1n) is 25.1. The van der Waals surface area contributed by atoms with Crippen LogP contribution in [0.5, 0.6) is 11.5 Å². The number of hydrogen-bond donors (Lipinski definition) is 3. The molecule has 0 fully saturated rings. The number of pyridine rings is 3. The Labute approximate surface area is 448 Å². The first kappa shape index (κ1) is 58.9. The van der Waals surface area contributed by atoms with E-state index in [2.05, 4.69) is 43.4 Å². The van der Waals surface area contributed by atoms with Crippen LogP contribution in [0.2, 0.25) is 0 Å². The molecular formula is C57H66N6O14. The summed E-state index contributed by atoms with van der Waals surface area (Å²) in [6.45, 7) is 7.88. The highest BCUT2D eigenvalue weighted by Gasteiger charge is 2.20. The highest BCUT2D eigenvalue weighted by molar-refractivity contribution is 5.86. The van der Waals surface area contributed by atoms with Crippen molar-refractivity contribution in [3.05, 3.63) is 147 Å². The summed E-state index contributed by atoms with van der Waals surface area (Å²) in [4.78, 5) is 56.7. The van der Waals surface area contributed by atoms with E-state index in [4.69, 9.17) is 42.9 Å². The molecule has 2 bridgehead atoms. The molecular weight excluding hydrogens is 993 g/mol. The average Bonchev–Trinajstić information content (AvgIpc) is 3.42. The van der Waals surface area contributed by atoms with Crippen molar-refractivity contribution in [2.24, 2.45) is 0 Å². The molecule has 0 saturated heterocycles. The molecule has 4 heterocycles. The van der Waals surface area contributed by atoms with Crippen molar-refractivity contribution in [1.82, 2.24) is 29.7 Å². The van der Waals surface area contributed by atoms with E-state index < -0.39 is 17.9 Å². The number of aliphatic carboxylic acids is 1. The van der Waals surface area contributed by atoms with Gasteiger partial charge in [0.15, 0.2) is 0 Å². The maximum atomic E-state index is 12.3. The zero-order valence-electron chi connectivity index (χ0n) is 43.5. The quantitative estimate of drug-likeness (QED) is 0.0459. The number of fused-ring (bicyclic) bond motifs is 2. The number of aromatic nitrogens is 3. The van der Waals surface area contributed by atoms with Gasteiger partial charge in [-0.05, 0) is 84.9 Å². The van der Waals surface area contributed by atoms with Crippen molar-refractivity contribution in [3.63, 3.8) is 0 Å². The molecule has 0 radical (unpaired) electrons. The van der Waals surface area contributed by atoms with E-state index in [0.29, 0.717) is 164 Å². The van der Waals surface area contributed by atoms with Crippen molar-refractivity contribution in [1.29, 1.82) is 0 Å². The molecule has 408 valence electrons. The van der Waals surface area contributed by atoms with E-state index >= 15 is 0 Å². The van der Waals surface area contributed by atoms with E-state index in [1.54, 1.807) is 50.6 Å². The molecule has 5 aromatic rings. The third-order valence-corrected chi connectivity index (χ3v) is 11.4. The van der Waals surface area contributed by atoms with Crippen LogP contribution in [0.3, 0.4) is 0 Å². The van der Waals surface area contributed by atoms with Gasteiger partial charge in [-0.25, -0.2) is 19.6 Å². The summed E-state index contributed by atoms with van der Waals surface area (Å²) in [5, 5.41) is 30.1. The molecule has 0 atom stereocenters. The van der Waals surface area contributed by atoms with Crippen LogP contribution in [0.15, 0.2) is 91.0 Å². The minimum absolute atomic E-state index is 0.157. The highest BCUT2D eigenvalue weighted by atomic mass is 16.6. The Hall–Kier alpha value is -7.34. The minimum atomic E-state index is -1.20. The van der Waals surface area contributed by atoms with Crippen molar-refractivity contribution in [3.8, 4) is 35.2 Å². The lowest BCUT2D eigenvalue weighted by molar-refractivity contribution is -0.138. The van der Waals surface area contributed by atoms with Gasteiger partial charge < -0.3 is 53.2 Å². The molecule has 1 aliphatic rings. The molecule has 2 aromatic carbocycles. The standard InChI is InChI=1S/C57H66N6O14/c1-70-22-24-72-26-28-74-30-32-76-51-14-10-43(11-15-51)6-8-45-34-49(59-53(36-45)56(66)67)40-62-20-18-61(42-55(64)65)19-21-63(39-48-5-3-4-47(38-62)58-48)41-50-35-46(37-54(60-50)57(68)69)9-7-44-12-16-52(17-13-44)77-33-31-75-29-27-73-25-23-71-2/h3-5,10-17,34-37H,18-33,38-42H2,1-2H3,(H,64,65)(H,66,67)(H,68,69). The normalized spacial score (nSPS) is 13.3. The third kappa shape index (κ3) is 22.4. The van der Waals surface area contributed by atoms with E-state index in [1.807, 2.05) is 47.4 Å². The molecule has 1 aliphatic heterocycles. The predicted octanol–water partition coefficient (Wildman–Crippen LogP) is 4.59. The number of rotatable bonds is 28. The Balaban J connectivity index is 1.10. The van der Waals surface area contributed by atoms with Crippen molar-refractivity contribution in [2.45, 2.75) is 26.2 Å². The van der Waals surface area contributed by atoms with Gasteiger partial charge >= 0.3 is 17.9 Å². The van der Waals surface area contributed by atoms with E-state index in [0.717, 1.165) is 11.4 Å². The number of nitrogens with zero attached hydrogens (tertiary/aromatic N) is 6. The van der Waals surface area contributed by atoms with Gasteiger partial charge in [0.1, 0.15) is 36.1 Å². The number of carbonyl (C=O) groups is 3. The second-order valence-corrected chi connectivity index (χ2v) is 17.5. The van der Waals surface area contributed by atoms with Crippen LogP contribution in [0, 0.1) is 23.7 Å². The zero-order chi connectivity index (χ0) is 54.5. The topological polar surface area (TPSA) is 234 Å². The summed E-state index contributed by atoms with van der Waals surface area (Å²) in [5.74, 6) is 10.3. The van der Waals surface area contributed by atoms with Gasteiger partial charge in [-0.15, -0.1) is 0 Å². The molecule has 0 saturated carbocycles. The van der Waals surface area contributed by atoms with Gasteiger partial charge in [-0.1, -0.05) is 29.7 Å². The summed E-state index contributed by atoms with van der Waals surface area (Å²) in [6, 6.07) is 26.6.